The van der Waals surface area contributed by atoms with E-state index in [0.29, 0.717) is 12.8 Å². The van der Waals surface area contributed by atoms with Gasteiger partial charge in [0, 0.05) is 12.8 Å². The van der Waals surface area contributed by atoms with E-state index in [9.17, 15) is 14.4 Å². The maximum atomic E-state index is 12.8. The van der Waals surface area contributed by atoms with Crippen LogP contribution in [0, 0.1) is 0 Å². The van der Waals surface area contributed by atoms with E-state index in [2.05, 4.69) is 69.4 Å². The molecule has 0 bridgehead atoms. The van der Waals surface area contributed by atoms with Crippen LogP contribution in [0.25, 0.3) is 0 Å². The molecule has 0 aliphatic carbocycles. The van der Waals surface area contributed by atoms with E-state index in [1.807, 2.05) is 6.08 Å². The van der Waals surface area contributed by atoms with Crippen molar-refractivity contribution in [2.24, 2.45) is 0 Å². The average molecular weight is 881 g/mol. The molecule has 0 saturated carbocycles. The normalized spacial score (nSPS) is 12.5. The number of hydrogen-bond acceptors (Lipinski definition) is 6. The second-order valence-corrected chi connectivity index (χ2v) is 17.8. The highest BCUT2D eigenvalue weighted by Gasteiger charge is 2.19. The van der Waals surface area contributed by atoms with E-state index in [0.717, 1.165) is 77.0 Å². The predicted octanol–water partition coefficient (Wildman–Crippen LogP) is 17.6. The fraction of sp³-hybridized carbons (Fsp3) is 0.772. The molecular formula is C57H100O6. The summed E-state index contributed by atoms with van der Waals surface area (Å²) in [6.45, 7) is 6.43. The molecule has 0 aliphatic rings. The molecule has 6 nitrogen and oxygen atoms in total. The zero-order chi connectivity index (χ0) is 45.8. The molecule has 364 valence electrons. The van der Waals surface area contributed by atoms with E-state index in [1.54, 1.807) is 6.08 Å². The fourth-order valence-electron chi connectivity index (χ4n) is 7.49. The minimum Gasteiger partial charge on any atom is -0.462 e. The lowest BCUT2D eigenvalue weighted by molar-refractivity contribution is -0.166. The smallest absolute Gasteiger partial charge is 0.309 e. The third kappa shape index (κ3) is 50.0. The summed E-state index contributed by atoms with van der Waals surface area (Å²) < 4.78 is 16.7. The Bertz CT molecular complexity index is 1150. The summed E-state index contributed by atoms with van der Waals surface area (Å²) >= 11 is 0. The molecular weight excluding hydrogens is 781 g/mol. The Kier molecular flexibility index (Phi) is 49.4. The van der Waals surface area contributed by atoms with Crippen LogP contribution in [0.3, 0.4) is 0 Å². The van der Waals surface area contributed by atoms with Gasteiger partial charge in [-0.3, -0.25) is 14.4 Å². The lowest BCUT2D eigenvalue weighted by atomic mass is 10.1. The summed E-state index contributed by atoms with van der Waals surface area (Å²) in [6, 6.07) is 0. The quantitative estimate of drug-likeness (QED) is 0.0262. The van der Waals surface area contributed by atoms with Crippen molar-refractivity contribution in [3.05, 3.63) is 60.8 Å². The van der Waals surface area contributed by atoms with Crippen molar-refractivity contribution in [2.45, 2.75) is 271 Å². The van der Waals surface area contributed by atoms with E-state index in [4.69, 9.17) is 14.2 Å². The zero-order valence-electron chi connectivity index (χ0n) is 41.6. The Morgan fingerprint density at radius 3 is 1.10 bits per heavy atom. The third-order valence-corrected chi connectivity index (χ3v) is 11.5. The van der Waals surface area contributed by atoms with E-state index in [-0.39, 0.29) is 31.6 Å². The summed E-state index contributed by atoms with van der Waals surface area (Å²) in [6.07, 6.45) is 63.9. The van der Waals surface area contributed by atoms with Gasteiger partial charge in [-0.25, -0.2) is 0 Å². The number of ether oxygens (including phenoxy) is 3. The molecule has 0 radical (unpaired) electrons. The highest BCUT2D eigenvalue weighted by Crippen LogP contribution is 2.15. The fourth-order valence-corrected chi connectivity index (χ4v) is 7.49. The largest absolute Gasteiger partial charge is 0.462 e. The first-order chi connectivity index (χ1) is 31.0. The van der Waals surface area contributed by atoms with Gasteiger partial charge in [0.2, 0.25) is 0 Å². The molecule has 0 rings (SSSR count). The zero-order valence-corrected chi connectivity index (χ0v) is 41.6. The van der Waals surface area contributed by atoms with Gasteiger partial charge in [-0.05, 0) is 83.5 Å². The van der Waals surface area contributed by atoms with Crippen molar-refractivity contribution in [3.63, 3.8) is 0 Å². The summed E-state index contributed by atoms with van der Waals surface area (Å²) in [7, 11) is 0. The summed E-state index contributed by atoms with van der Waals surface area (Å²) in [4.78, 5) is 37.8. The predicted molar refractivity (Wildman–Crippen MR) is 270 cm³/mol. The minimum absolute atomic E-state index is 0.108. The molecule has 0 aromatic heterocycles. The van der Waals surface area contributed by atoms with Gasteiger partial charge >= 0.3 is 17.9 Å². The van der Waals surface area contributed by atoms with E-state index in [1.165, 1.54) is 148 Å². The molecule has 0 heterocycles. The van der Waals surface area contributed by atoms with Gasteiger partial charge < -0.3 is 14.2 Å². The van der Waals surface area contributed by atoms with E-state index >= 15 is 0 Å². The summed E-state index contributed by atoms with van der Waals surface area (Å²) in [5.74, 6) is -1.05. The Morgan fingerprint density at radius 1 is 0.349 bits per heavy atom. The van der Waals surface area contributed by atoms with Gasteiger partial charge in [-0.1, -0.05) is 223 Å². The molecule has 0 aromatic carbocycles. The molecule has 6 heteroatoms. The van der Waals surface area contributed by atoms with Crippen molar-refractivity contribution in [3.8, 4) is 0 Å². The van der Waals surface area contributed by atoms with Gasteiger partial charge in [0.05, 0.1) is 6.42 Å². The van der Waals surface area contributed by atoms with Crippen molar-refractivity contribution < 1.29 is 28.6 Å². The van der Waals surface area contributed by atoms with Crippen molar-refractivity contribution in [2.75, 3.05) is 13.2 Å². The standard InChI is InChI=1S/C57H100O6/c1-4-7-10-13-16-19-21-23-25-27-29-31-33-35-38-41-44-47-50-56(59)62-53-54(52-61-55(58)49-46-43-40-37-18-15-12-9-6-3)63-57(60)51-48-45-42-39-36-34-32-30-28-26-24-22-20-17-14-11-8-5-2/h9,12,18,29-32,37,43,46,54H,4-8,10-11,13-17,19-28,33-36,38-42,44-45,47-53H2,1-3H3/b12-9-,31-29-,32-30-,37-18-,46-43-. The average Bonchev–Trinajstić information content (AvgIpc) is 3.28. The van der Waals surface area contributed by atoms with E-state index < -0.39 is 12.1 Å². The maximum absolute atomic E-state index is 12.8. The van der Waals surface area contributed by atoms with Crippen molar-refractivity contribution >= 4 is 17.9 Å². The molecule has 0 aliphatic heterocycles. The number of esters is 3. The number of hydrogen-bond donors (Lipinski definition) is 0. The minimum atomic E-state index is -0.816. The number of unbranched alkanes of at least 4 members (excludes halogenated alkanes) is 28. The molecule has 0 fully saturated rings. The van der Waals surface area contributed by atoms with Gasteiger partial charge in [0.1, 0.15) is 13.2 Å². The monoisotopic (exact) mass is 881 g/mol. The van der Waals surface area contributed by atoms with Crippen LogP contribution in [-0.2, 0) is 28.6 Å². The first kappa shape index (κ1) is 60.1. The lowest BCUT2D eigenvalue weighted by Gasteiger charge is -2.18. The third-order valence-electron chi connectivity index (χ3n) is 11.5. The Hall–Kier alpha value is -2.89. The molecule has 0 saturated heterocycles. The van der Waals surface area contributed by atoms with Crippen LogP contribution in [0.4, 0.5) is 0 Å². The van der Waals surface area contributed by atoms with Crippen molar-refractivity contribution in [1.82, 2.24) is 0 Å². The highest BCUT2D eigenvalue weighted by atomic mass is 16.6. The Morgan fingerprint density at radius 2 is 0.683 bits per heavy atom. The van der Waals surface area contributed by atoms with Crippen LogP contribution in [0.1, 0.15) is 265 Å². The lowest BCUT2D eigenvalue weighted by Crippen LogP contribution is -2.30. The van der Waals surface area contributed by atoms with Gasteiger partial charge in [0.25, 0.3) is 0 Å². The first-order valence-corrected chi connectivity index (χ1v) is 26.8. The number of allylic oxidation sites excluding steroid dienone is 9. The summed E-state index contributed by atoms with van der Waals surface area (Å²) in [5.41, 5.74) is 0. The first-order valence-electron chi connectivity index (χ1n) is 26.8. The Labute approximate surface area is 390 Å². The SMILES string of the molecule is CC/C=C\C/C=C\C/C=C\CC(=O)OCC(COC(=O)CCCCCCC/C=C\CCCCCCCCCCC)OC(=O)CCCCCCC/C=C\CCCCCCCCCCC. The maximum Gasteiger partial charge on any atom is 0.309 e. The van der Waals surface area contributed by atoms with Gasteiger partial charge in [0.15, 0.2) is 6.10 Å². The molecule has 0 amide bonds. The molecule has 63 heavy (non-hydrogen) atoms. The molecule has 0 aromatic rings. The second kappa shape index (κ2) is 51.7. The van der Waals surface area contributed by atoms with Crippen molar-refractivity contribution in [1.29, 1.82) is 0 Å². The number of rotatable bonds is 48. The number of carbonyl (C=O) groups excluding carboxylic acids is 3. The van der Waals surface area contributed by atoms with Gasteiger partial charge in [-0.15, -0.1) is 0 Å². The number of carbonyl (C=O) groups is 3. The van der Waals surface area contributed by atoms with Gasteiger partial charge in [-0.2, -0.15) is 0 Å². The van der Waals surface area contributed by atoms with Crippen LogP contribution in [0.15, 0.2) is 60.8 Å². The molecule has 0 spiro atoms. The van der Waals surface area contributed by atoms with Crippen LogP contribution in [0.5, 0.6) is 0 Å². The topological polar surface area (TPSA) is 78.9 Å². The highest BCUT2D eigenvalue weighted by molar-refractivity contribution is 5.72. The second-order valence-electron chi connectivity index (χ2n) is 17.8. The van der Waals surface area contributed by atoms with Crippen LogP contribution >= 0.6 is 0 Å². The van der Waals surface area contributed by atoms with Crippen LogP contribution in [-0.4, -0.2) is 37.2 Å². The summed E-state index contributed by atoms with van der Waals surface area (Å²) in [5, 5.41) is 0. The molecule has 1 atom stereocenters. The molecule has 0 N–H and O–H groups in total. The Balaban J connectivity index is 4.35. The van der Waals surface area contributed by atoms with Crippen LogP contribution < -0.4 is 0 Å². The molecule has 1 unspecified atom stereocenters. The van der Waals surface area contributed by atoms with Crippen LogP contribution in [0.2, 0.25) is 0 Å².